The van der Waals surface area contributed by atoms with Gasteiger partial charge in [0.05, 0.1) is 11.9 Å². The van der Waals surface area contributed by atoms with Crippen molar-refractivity contribution in [1.82, 2.24) is 0 Å². The van der Waals surface area contributed by atoms with Crippen LogP contribution in [0.1, 0.15) is 17.3 Å². The maximum Gasteiger partial charge on any atom is 2.00 e. The summed E-state index contributed by atoms with van der Waals surface area (Å²) in [5, 5.41) is 19.6. The van der Waals surface area contributed by atoms with Crippen LogP contribution < -0.4 is 10.2 Å². The number of carbonyl (C=O) groups excluding carboxylic acids is 2. The van der Waals surface area contributed by atoms with Crippen LogP contribution in [-0.2, 0) is 4.79 Å². The summed E-state index contributed by atoms with van der Waals surface area (Å²) < 4.78 is 0. The second kappa shape index (κ2) is 8.93. The minimum Gasteiger partial charge on any atom is -0.545 e. The van der Waals surface area contributed by atoms with E-state index in [0.717, 1.165) is 0 Å². The standard InChI is InChI=1S/C7H6O2.C4H6O2.Mg/c8-7(9)6-4-2-1-3-5-6;1-3(2)4(5)6;/h1-5H,(H,8,9);1H2,2H3,(H,5,6);/q;;+2/p-2. The van der Waals surface area contributed by atoms with Crippen molar-refractivity contribution in [2.75, 3.05) is 0 Å². The molecule has 0 fully saturated rings. The molecule has 0 N–H and O–H groups in total. The van der Waals surface area contributed by atoms with Crippen LogP contribution in [0.2, 0.25) is 0 Å². The van der Waals surface area contributed by atoms with Crippen LogP contribution in [0.5, 0.6) is 0 Å². The molecule has 0 atom stereocenters. The average molecular weight is 231 g/mol. The van der Waals surface area contributed by atoms with Crippen molar-refractivity contribution in [2.24, 2.45) is 0 Å². The Labute approximate surface area is 110 Å². The average Bonchev–Trinajstić information content (AvgIpc) is 2.20. The zero-order chi connectivity index (χ0) is 11.8. The molecule has 1 rings (SSSR count). The Morgan fingerprint density at radius 2 is 1.50 bits per heavy atom. The van der Waals surface area contributed by atoms with Crippen LogP contribution in [0, 0.1) is 0 Å². The molecule has 0 spiro atoms. The SMILES string of the molecule is C=C(C)C(=O)[O-].O=C([O-])c1ccccc1.[Mg+2]. The van der Waals surface area contributed by atoms with Crippen molar-refractivity contribution in [3.63, 3.8) is 0 Å². The first-order chi connectivity index (χ1) is 6.95. The predicted molar refractivity (Wildman–Crippen MR) is 56.3 cm³/mol. The van der Waals surface area contributed by atoms with E-state index in [-0.39, 0.29) is 34.2 Å². The van der Waals surface area contributed by atoms with Gasteiger partial charge >= 0.3 is 23.1 Å². The van der Waals surface area contributed by atoms with Gasteiger partial charge in [-0.25, -0.2) is 0 Å². The summed E-state index contributed by atoms with van der Waals surface area (Å²) in [6, 6.07) is 8.06. The molecule has 0 unspecified atom stereocenters. The summed E-state index contributed by atoms with van der Waals surface area (Å²) in [5.74, 6) is -2.31. The Morgan fingerprint density at radius 3 is 1.69 bits per heavy atom. The minimum absolute atomic E-state index is 0. The van der Waals surface area contributed by atoms with Gasteiger partial charge in [-0.1, -0.05) is 36.9 Å². The zero-order valence-corrected chi connectivity index (χ0v) is 10.3. The molecular weight excluding hydrogens is 220 g/mol. The van der Waals surface area contributed by atoms with Crippen molar-refractivity contribution in [2.45, 2.75) is 6.92 Å². The molecule has 16 heavy (non-hydrogen) atoms. The van der Waals surface area contributed by atoms with Gasteiger partial charge in [-0.2, -0.15) is 0 Å². The van der Waals surface area contributed by atoms with Crippen molar-refractivity contribution in [3.8, 4) is 0 Å². The van der Waals surface area contributed by atoms with Crippen molar-refractivity contribution in [3.05, 3.63) is 48.0 Å². The molecule has 80 valence electrons. The first kappa shape index (κ1) is 17.1. The summed E-state index contributed by atoms with van der Waals surface area (Å²) in [7, 11) is 0. The molecule has 0 aromatic heterocycles. The molecule has 0 saturated heterocycles. The number of benzene rings is 1. The Bertz CT molecular complexity index is 348. The first-order valence-corrected chi connectivity index (χ1v) is 4.08. The van der Waals surface area contributed by atoms with Crippen molar-refractivity contribution < 1.29 is 19.8 Å². The molecule has 0 saturated carbocycles. The van der Waals surface area contributed by atoms with E-state index in [0.29, 0.717) is 0 Å². The van der Waals surface area contributed by atoms with Gasteiger partial charge in [-0.15, -0.1) is 0 Å². The second-order valence-corrected chi connectivity index (χ2v) is 2.72. The van der Waals surface area contributed by atoms with E-state index >= 15 is 0 Å². The largest absolute Gasteiger partial charge is 2.00 e. The second-order valence-electron chi connectivity index (χ2n) is 2.72. The summed E-state index contributed by atoms with van der Waals surface area (Å²) >= 11 is 0. The van der Waals surface area contributed by atoms with E-state index in [2.05, 4.69) is 6.58 Å². The van der Waals surface area contributed by atoms with Crippen LogP contribution in [0.15, 0.2) is 42.5 Å². The van der Waals surface area contributed by atoms with Gasteiger partial charge in [0.25, 0.3) is 0 Å². The molecule has 4 nitrogen and oxygen atoms in total. The quantitative estimate of drug-likeness (QED) is 0.481. The van der Waals surface area contributed by atoms with E-state index in [1.165, 1.54) is 19.1 Å². The molecule has 0 aliphatic carbocycles. The molecule has 1 aromatic carbocycles. The third-order valence-electron chi connectivity index (χ3n) is 1.36. The topological polar surface area (TPSA) is 80.3 Å². The molecule has 0 aliphatic rings. The van der Waals surface area contributed by atoms with Gasteiger partial charge < -0.3 is 19.8 Å². The van der Waals surface area contributed by atoms with E-state index in [1.54, 1.807) is 18.2 Å². The number of hydrogen-bond acceptors (Lipinski definition) is 4. The smallest absolute Gasteiger partial charge is 0.545 e. The molecule has 5 heteroatoms. The number of carboxylic acids is 2. The van der Waals surface area contributed by atoms with Gasteiger partial charge in [0.1, 0.15) is 0 Å². The Morgan fingerprint density at radius 1 is 1.12 bits per heavy atom. The first-order valence-electron chi connectivity index (χ1n) is 4.08. The fourth-order valence-electron chi connectivity index (χ4n) is 0.574. The maximum atomic E-state index is 10.1. The van der Waals surface area contributed by atoms with E-state index in [9.17, 15) is 19.8 Å². The Hall–Kier alpha value is -1.33. The van der Waals surface area contributed by atoms with Crippen LogP contribution >= 0.6 is 0 Å². The number of carboxylic acid groups (broad SMARTS) is 2. The van der Waals surface area contributed by atoms with Crippen LogP contribution in [0.3, 0.4) is 0 Å². The number of carbonyl (C=O) groups is 2. The van der Waals surface area contributed by atoms with E-state index < -0.39 is 11.9 Å². The number of hydrogen-bond donors (Lipinski definition) is 0. The van der Waals surface area contributed by atoms with Crippen molar-refractivity contribution >= 4 is 35.0 Å². The number of aliphatic carboxylic acids is 1. The van der Waals surface area contributed by atoms with Gasteiger partial charge in [0.15, 0.2) is 0 Å². The number of rotatable bonds is 2. The van der Waals surface area contributed by atoms with Crippen LogP contribution in [-0.4, -0.2) is 35.0 Å². The van der Waals surface area contributed by atoms with Crippen molar-refractivity contribution in [1.29, 1.82) is 0 Å². The molecular formula is C11H10MgO4. The summed E-state index contributed by atoms with van der Waals surface area (Å²) in [6.07, 6.45) is 0. The molecule has 0 bridgehead atoms. The maximum absolute atomic E-state index is 10.1. The van der Waals surface area contributed by atoms with E-state index in [1.807, 2.05) is 0 Å². The molecule has 0 amide bonds. The third kappa shape index (κ3) is 8.01. The Kier molecular flexibility index (Phi) is 9.53. The van der Waals surface area contributed by atoms with Gasteiger partial charge in [0, 0.05) is 0 Å². The van der Waals surface area contributed by atoms with E-state index in [4.69, 9.17) is 0 Å². The normalized spacial score (nSPS) is 7.81. The van der Waals surface area contributed by atoms with Gasteiger partial charge in [0.2, 0.25) is 0 Å². The zero-order valence-electron chi connectivity index (χ0n) is 8.93. The van der Waals surface area contributed by atoms with Crippen LogP contribution in [0.4, 0.5) is 0 Å². The summed E-state index contributed by atoms with van der Waals surface area (Å²) in [4.78, 5) is 19.6. The monoisotopic (exact) mass is 230 g/mol. The fraction of sp³-hybridized carbons (Fsp3) is 0.0909. The predicted octanol–water partition coefficient (Wildman–Crippen LogP) is -1.02. The summed E-state index contributed by atoms with van der Waals surface area (Å²) in [5.41, 5.74) is 0.285. The molecule has 0 radical (unpaired) electrons. The summed E-state index contributed by atoms with van der Waals surface area (Å²) in [6.45, 7) is 4.48. The molecule has 1 aromatic rings. The fourth-order valence-corrected chi connectivity index (χ4v) is 0.574. The Balaban J connectivity index is 0. The molecule has 0 heterocycles. The van der Waals surface area contributed by atoms with Crippen LogP contribution in [0.25, 0.3) is 0 Å². The molecule has 0 aliphatic heterocycles. The third-order valence-corrected chi connectivity index (χ3v) is 1.36. The minimum atomic E-state index is -1.19. The van der Waals surface area contributed by atoms with Gasteiger partial charge in [-0.3, -0.25) is 0 Å². The van der Waals surface area contributed by atoms with Gasteiger partial charge in [-0.05, 0) is 18.1 Å². The number of aromatic carboxylic acids is 1.